The first-order valence-electron chi connectivity index (χ1n) is 11.5. The lowest BCUT2D eigenvalue weighted by molar-refractivity contribution is -0.671. The number of hydrogen-bond donors (Lipinski definition) is 0. The van der Waals surface area contributed by atoms with E-state index in [1.807, 2.05) is 21.1 Å². The molecule has 0 bridgehead atoms. The molecule has 192 valence electrons. The standard InChI is InChI=1S/3C8H15N2.3BrH/c3*1-3-4-5-10-7-6-9(2)8-10;;;/h3*6-8H,3-5H2,1-2H3;3*1H/q3*+1;;;/p-3. The number of nitrogens with zero attached hydrogens (tertiary/aromatic N) is 6. The van der Waals surface area contributed by atoms with Gasteiger partial charge in [0, 0.05) is 0 Å². The molecule has 0 unspecified atom stereocenters. The van der Waals surface area contributed by atoms with Crippen LogP contribution in [0.1, 0.15) is 59.3 Å². The summed E-state index contributed by atoms with van der Waals surface area (Å²) in [7, 11) is 6.13. The highest BCUT2D eigenvalue weighted by atomic mass is 79.9. The second-order valence-corrected chi connectivity index (χ2v) is 8.01. The molecule has 9 heteroatoms. The fourth-order valence-electron chi connectivity index (χ4n) is 2.92. The summed E-state index contributed by atoms with van der Waals surface area (Å²) in [6.07, 6.45) is 26.5. The fourth-order valence-corrected chi connectivity index (χ4v) is 2.92. The quantitative estimate of drug-likeness (QED) is 0.206. The average molecular weight is 657 g/mol. The highest BCUT2D eigenvalue weighted by Gasteiger charge is 1.98. The van der Waals surface area contributed by atoms with Crippen LogP contribution in [0.2, 0.25) is 0 Å². The Hall–Kier alpha value is -0.930. The van der Waals surface area contributed by atoms with Gasteiger partial charge in [0.25, 0.3) is 0 Å². The topological polar surface area (TPSA) is 26.4 Å². The maximum atomic E-state index is 2.21. The number of unbranched alkanes of at least 4 members (excludes halogenated alkanes) is 3. The summed E-state index contributed by atoms with van der Waals surface area (Å²) in [6, 6.07) is 0. The third-order valence-electron chi connectivity index (χ3n) is 4.78. The van der Waals surface area contributed by atoms with Gasteiger partial charge in [-0.1, -0.05) is 40.0 Å². The number of imidazole rings is 3. The van der Waals surface area contributed by atoms with Crippen LogP contribution in [0.25, 0.3) is 0 Å². The van der Waals surface area contributed by atoms with Gasteiger partial charge in [-0.15, -0.1) is 0 Å². The number of aromatic nitrogens is 6. The Balaban J connectivity index is -0.000000391. The van der Waals surface area contributed by atoms with Crippen LogP contribution in [0.3, 0.4) is 0 Å². The molecule has 0 aliphatic heterocycles. The Labute approximate surface area is 233 Å². The zero-order valence-electron chi connectivity index (χ0n) is 21.4. The third kappa shape index (κ3) is 18.1. The molecule has 0 aliphatic rings. The van der Waals surface area contributed by atoms with Gasteiger partial charge >= 0.3 is 0 Å². The van der Waals surface area contributed by atoms with E-state index < -0.39 is 0 Å². The van der Waals surface area contributed by atoms with Crippen LogP contribution in [-0.2, 0) is 40.8 Å². The summed E-state index contributed by atoms with van der Waals surface area (Å²) in [5.74, 6) is 0. The van der Waals surface area contributed by atoms with Crippen molar-refractivity contribution in [2.45, 2.75) is 78.9 Å². The molecule has 0 radical (unpaired) electrons. The van der Waals surface area contributed by atoms with Gasteiger partial charge < -0.3 is 50.9 Å². The summed E-state index contributed by atoms with van der Waals surface area (Å²) in [5, 5.41) is 0. The van der Waals surface area contributed by atoms with E-state index in [0.29, 0.717) is 0 Å². The predicted octanol–water partition coefficient (Wildman–Crippen LogP) is -5.65. The van der Waals surface area contributed by atoms with Crippen molar-refractivity contribution in [3.8, 4) is 0 Å². The Bertz CT molecular complexity index is 692. The molecule has 0 aromatic carbocycles. The van der Waals surface area contributed by atoms with E-state index in [1.165, 1.54) is 38.5 Å². The molecule has 0 saturated heterocycles. The highest BCUT2D eigenvalue weighted by molar-refractivity contribution is 4.66. The van der Waals surface area contributed by atoms with Crippen molar-refractivity contribution >= 4 is 0 Å². The Morgan fingerprint density at radius 1 is 0.485 bits per heavy atom. The molecule has 0 fully saturated rings. The van der Waals surface area contributed by atoms with Gasteiger partial charge in [0.2, 0.25) is 19.0 Å². The van der Waals surface area contributed by atoms with Gasteiger partial charge in [-0.3, -0.25) is 0 Å². The molecule has 3 aromatic heterocycles. The number of halogens is 3. The first-order chi connectivity index (χ1) is 14.5. The molecule has 33 heavy (non-hydrogen) atoms. The molecule has 6 nitrogen and oxygen atoms in total. The maximum Gasteiger partial charge on any atom is 0.243 e. The summed E-state index contributed by atoms with van der Waals surface area (Å²) >= 11 is 0. The van der Waals surface area contributed by atoms with Gasteiger partial charge in [-0.25, -0.2) is 27.4 Å². The van der Waals surface area contributed by atoms with Crippen LogP contribution in [-0.4, -0.2) is 13.7 Å². The van der Waals surface area contributed by atoms with E-state index in [4.69, 9.17) is 0 Å². The molecular weight excluding hydrogens is 612 g/mol. The monoisotopic (exact) mass is 654 g/mol. The molecular formula is C24H45Br3N6. The number of hydrogen-bond acceptors (Lipinski definition) is 0. The first-order valence-corrected chi connectivity index (χ1v) is 11.5. The minimum Gasteiger partial charge on any atom is -1.00 e. The average Bonchev–Trinajstić information content (AvgIpc) is 3.46. The van der Waals surface area contributed by atoms with Gasteiger partial charge in [0.05, 0.1) is 40.8 Å². The normalized spacial score (nSPS) is 9.27. The lowest BCUT2D eigenvalue weighted by Gasteiger charge is -1.90. The molecule has 3 rings (SSSR count). The van der Waals surface area contributed by atoms with Crippen LogP contribution >= 0.6 is 0 Å². The van der Waals surface area contributed by atoms with Crippen LogP contribution in [0.15, 0.2) is 56.2 Å². The van der Waals surface area contributed by atoms with Crippen molar-refractivity contribution in [3.05, 3.63) is 56.2 Å². The molecule has 0 N–H and O–H groups in total. The second kappa shape index (κ2) is 22.8. The smallest absolute Gasteiger partial charge is 0.243 e. The summed E-state index contributed by atoms with van der Waals surface area (Å²) in [6.45, 7) is 10.1. The number of aryl methyl sites for hydroxylation is 6. The van der Waals surface area contributed by atoms with E-state index in [2.05, 4.69) is 104 Å². The largest absolute Gasteiger partial charge is 1.00 e. The van der Waals surface area contributed by atoms with Crippen LogP contribution in [0, 0.1) is 0 Å². The summed E-state index contributed by atoms with van der Waals surface area (Å²) in [5.41, 5.74) is 0. The van der Waals surface area contributed by atoms with Crippen molar-refractivity contribution in [3.63, 3.8) is 0 Å². The van der Waals surface area contributed by atoms with E-state index in [1.54, 1.807) is 0 Å². The molecule has 3 aromatic rings. The Morgan fingerprint density at radius 3 is 0.879 bits per heavy atom. The van der Waals surface area contributed by atoms with Crippen molar-refractivity contribution in [1.82, 2.24) is 13.7 Å². The zero-order chi connectivity index (χ0) is 22.2. The van der Waals surface area contributed by atoms with Gasteiger partial charge in [0.15, 0.2) is 0 Å². The van der Waals surface area contributed by atoms with E-state index in [9.17, 15) is 0 Å². The molecule has 0 aliphatic carbocycles. The zero-order valence-corrected chi connectivity index (χ0v) is 26.1. The minimum atomic E-state index is 0. The molecule has 0 amide bonds. The van der Waals surface area contributed by atoms with Crippen LogP contribution in [0.4, 0.5) is 0 Å². The van der Waals surface area contributed by atoms with E-state index in [-0.39, 0.29) is 50.9 Å². The van der Waals surface area contributed by atoms with Gasteiger partial charge in [0.1, 0.15) is 37.2 Å². The minimum absolute atomic E-state index is 0. The maximum absolute atomic E-state index is 2.21. The first kappa shape index (κ1) is 36.6. The van der Waals surface area contributed by atoms with Crippen molar-refractivity contribution in [1.29, 1.82) is 0 Å². The van der Waals surface area contributed by atoms with Crippen molar-refractivity contribution in [2.75, 3.05) is 0 Å². The van der Waals surface area contributed by atoms with Gasteiger partial charge in [-0.05, 0) is 19.3 Å². The predicted molar refractivity (Wildman–Crippen MR) is 122 cm³/mol. The van der Waals surface area contributed by atoms with Crippen LogP contribution < -0.4 is 64.6 Å². The third-order valence-corrected chi connectivity index (χ3v) is 4.78. The lowest BCUT2D eigenvalue weighted by atomic mass is 10.3. The van der Waals surface area contributed by atoms with E-state index >= 15 is 0 Å². The molecule has 3 heterocycles. The van der Waals surface area contributed by atoms with Crippen molar-refractivity contribution < 1.29 is 64.6 Å². The molecule has 0 atom stereocenters. The number of rotatable bonds is 9. The van der Waals surface area contributed by atoms with E-state index in [0.717, 1.165) is 19.6 Å². The van der Waals surface area contributed by atoms with Crippen LogP contribution in [0.5, 0.6) is 0 Å². The summed E-state index contributed by atoms with van der Waals surface area (Å²) < 4.78 is 12.8. The highest BCUT2D eigenvalue weighted by Crippen LogP contribution is 1.93. The SMILES string of the molecule is CCCCn1cc[n+](C)c1.CCCCn1cc[n+](C)c1.CCCCn1cc[n+](C)c1.[Br-].[Br-].[Br-]. The van der Waals surface area contributed by atoms with Crippen molar-refractivity contribution in [2.24, 2.45) is 21.1 Å². The fraction of sp³-hybridized carbons (Fsp3) is 0.625. The second-order valence-electron chi connectivity index (χ2n) is 8.01. The molecule has 0 spiro atoms. The Morgan fingerprint density at radius 2 is 0.727 bits per heavy atom. The van der Waals surface area contributed by atoms with Gasteiger partial charge in [-0.2, -0.15) is 0 Å². The lowest BCUT2D eigenvalue weighted by Crippen LogP contribution is -3.00. The summed E-state index contributed by atoms with van der Waals surface area (Å²) in [4.78, 5) is 0. The Kier molecular flexibility index (Phi) is 25.4. The molecule has 0 saturated carbocycles.